The number of benzene rings is 1. The van der Waals surface area contributed by atoms with Crippen molar-refractivity contribution in [2.24, 2.45) is 0 Å². The summed E-state index contributed by atoms with van der Waals surface area (Å²) in [5, 5.41) is 4.02. The van der Waals surface area contributed by atoms with Crippen LogP contribution in [0.3, 0.4) is 0 Å². The van der Waals surface area contributed by atoms with Crippen molar-refractivity contribution >= 4 is 11.8 Å². The lowest BCUT2D eigenvalue weighted by Crippen LogP contribution is -2.11. The number of aryl methyl sites for hydroxylation is 2. The monoisotopic (exact) mass is 262 g/mol. The Bertz CT molecular complexity index is 486. The van der Waals surface area contributed by atoms with E-state index in [0.29, 0.717) is 5.22 Å². The van der Waals surface area contributed by atoms with Gasteiger partial charge < -0.3 is 9.73 Å². The standard InChI is InChI=1S/C14H18N2OS/c1-4-15-9-12-5-7-13(8-6-12)18-14-16-10(2)11(3)17-14/h5-8,15H,4,9H2,1-3H3. The first-order valence-corrected chi connectivity index (χ1v) is 6.92. The molecule has 0 aliphatic carbocycles. The highest BCUT2D eigenvalue weighted by Gasteiger charge is 2.07. The van der Waals surface area contributed by atoms with Gasteiger partial charge in [0.05, 0.1) is 5.69 Å². The normalized spacial score (nSPS) is 10.8. The Morgan fingerprint density at radius 2 is 1.94 bits per heavy atom. The zero-order valence-electron chi connectivity index (χ0n) is 11.0. The van der Waals surface area contributed by atoms with Crippen LogP contribution in [0.25, 0.3) is 0 Å². The average molecular weight is 262 g/mol. The number of hydrogen-bond donors (Lipinski definition) is 1. The fraction of sp³-hybridized carbons (Fsp3) is 0.357. The van der Waals surface area contributed by atoms with Crippen LogP contribution < -0.4 is 5.32 Å². The summed E-state index contributed by atoms with van der Waals surface area (Å²) < 4.78 is 5.55. The minimum Gasteiger partial charge on any atom is -0.436 e. The summed E-state index contributed by atoms with van der Waals surface area (Å²) in [4.78, 5) is 5.51. The van der Waals surface area contributed by atoms with Gasteiger partial charge in [0, 0.05) is 11.4 Å². The van der Waals surface area contributed by atoms with Crippen LogP contribution >= 0.6 is 11.8 Å². The van der Waals surface area contributed by atoms with Crippen molar-refractivity contribution in [2.45, 2.75) is 37.4 Å². The number of nitrogens with one attached hydrogen (secondary N) is 1. The molecular weight excluding hydrogens is 244 g/mol. The predicted octanol–water partition coefficient (Wildman–Crippen LogP) is 3.55. The first kappa shape index (κ1) is 13.2. The Labute approximate surface area is 112 Å². The van der Waals surface area contributed by atoms with Gasteiger partial charge in [0.15, 0.2) is 0 Å². The molecule has 18 heavy (non-hydrogen) atoms. The van der Waals surface area contributed by atoms with Gasteiger partial charge in [-0.3, -0.25) is 0 Å². The highest BCUT2D eigenvalue weighted by Crippen LogP contribution is 2.28. The van der Waals surface area contributed by atoms with Gasteiger partial charge in [-0.25, -0.2) is 4.98 Å². The van der Waals surface area contributed by atoms with E-state index in [1.165, 1.54) is 5.56 Å². The summed E-state index contributed by atoms with van der Waals surface area (Å²) in [6.45, 7) is 7.91. The molecule has 1 N–H and O–H groups in total. The second-order valence-corrected chi connectivity index (χ2v) is 5.17. The van der Waals surface area contributed by atoms with E-state index in [1.807, 2.05) is 13.8 Å². The summed E-state index contributed by atoms with van der Waals surface area (Å²) in [6, 6.07) is 8.47. The lowest BCUT2D eigenvalue weighted by molar-refractivity contribution is 0.431. The second kappa shape index (κ2) is 6.07. The number of nitrogens with zero attached hydrogens (tertiary/aromatic N) is 1. The molecule has 96 valence electrons. The van der Waals surface area contributed by atoms with E-state index < -0.39 is 0 Å². The molecule has 0 fully saturated rings. The maximum atomic E-state index is 5.55. The second-order valence-electron chi connectivity index (χ2n) is 4.15. The van der Waals surface area contributed by atoms with Gasteiger partial charge in [-0.15, -0.1) is 0 Å². The Kier molecular flexibility index (Phi) is 4.44. The molecule has 0 atom stereocenters. The van der Waals surface area contributed by atoms with E-state index in [4.69, 9.17) is 4.42 Å². The van der Waals surface area contributed by atoms with Gasteiger partial charge >= 0.3 is 0 Å². The SMILES string of the molecule is CCNCc1ccc(Sc2nc(C)c(C)o2)cc1. The van der Waals surface area contributed by atoms with Gasteiger partial charge in [-0.1, -0.05) is 19.1 Å². The molecule has 0 unspecified atom stereocenters. The predicted molar refractivity (Wildman–Crippen MR) is 73.9 cm³/mol. The molecule has 0 aliphatic rings. The maximum absolute atomic E-state index is 5.55. The molecule has 1 aromatic carbocycles. The summed E-state index contributed by atoms with van der Waals surface area (Å²) in [5.41, 5.74) is 2.25. The third kappa shape index (κ3) is 3.37. The zero-order valence-corrected chi connectivity index (χ0v) is 11.8. The van der Waals surface area contributed by atoms with E-state index in [9.17, 15) is 0 Å². The van der Waals surface area contributed by atoms with Gasteiger partial charge in [0.25, 0.3) is 5.22 Å². The van der Waals surface area contributed by atoms with E-state index in [-0.39, 0.29) is 0 Å². The van der Waals surface area contributed by atoms with Crippen molar-refractivity contribution in [3.05, 3.63) is 41.3 Å². The van der Waals surface area contributed by atoms with E-state index in [2.05, 4.69) is 41.5 Å². The number of aromatic nitrogens is 1. The van der Waals surface area contributed by atoms with Crippen LogP contribution in [0.4, 0.5) is 0 Å². The van der Waals surface area contributed by atoms with Crippen LogP contribution in [-0.2, 0) is 6.54 Å². The van der Waals surface area contributed by atoms with Crippen LogP contribution in [0.1, 0.15) is 23.9 Å². The lowest BCUT2D eigenvalue weighted by atomic mass is 10.2. The molecular formula is C14H18N2OS. The average Bonchev–Trinajstić information content (AvgIpc) is 2.67. The topological polar surface area (TPSA) is 38.1 Å². The molecule has 0 radical (unpaired) electrons. The van der Waals surface area contributed by atoms with Crippen molar-refractivity contribution < 1.29 is 4.42 Å². The van der Waals surface area contributed by atoms with Gasteiger partial charge in [-0.05, 0) is 49.9 Å². The fourth-order valence-electron chi connectivity index (χ4n) is 1.53. The minimum absolute atomic E-state index is 0.712. The molecule has 3 nitrogen and oxygen atoms in total. The van der Waals surface area contributed by atoms with E-state index >= 15 is 0 Å². The highest BCUT2D eigenvalue weighted by molar-refractivity contribution is 7.99. The molecule has 0 saturated carbocycles. The number of hydrogen-bond acceptors (Lipinski definition) is 4. The smallest absolute Gasteiger partial charge is 0.260 e. The maximum Gasteiger partial charge on any atom is 0.260 e. The van der Waals surface area contributed by atoms with Crippen LogP contribution in [-0.4, -0.2) is 11.5 Å². The fourth-order valence-corrected chi connectivity index (χ4v) is 2.36. The van der Waals surface area contributed by atoms with Gasteiger partial charge in [0.2, 0.25) is 0 Å². The minimum atomic E-state index is 0.712. The van der Waals surface area contributed by atoms with Crippen molar-refractivity contribution in [2.75, 3.05) is 6.54 Å². The molecule has 2 aromatic rings. The van der Waals surface area contributed by atoms with Crippen molar-refractivity contribution in [1.29, 1.82) is 0 Å². The quantitative estimate of drug-likeness (QED) is 0.894. The molecule has 1 aromatic heterocycles. The number of oxazole rings is 1. The molecule has 1 heterocycles. The van der Waals surface area contributed by atoms with Crippen LogP contribution in [0.15, 0.2) is 38.8 Å². The van der Waals surface area contributed by atoms with E-state index in [0.717, 1.165) is 29.4 Å². The number of rotatable bonds is 5. The first-order valence-electron chi connectivity index (χ1n) is 6.10. The van der Waals surface area contributed by atoms with Crippen molar-refractivity contribution in [3.8, 4) is 0 Å². The summed E-state index contributed by atoms with van der Waals surface area (Å²) in [5.74, 6) is 0.890. The lowest BCUT2D eigenvalue weighted by Gasteiger charge is -2.02. The Balaban J connectivity index is 2.01. The molecule has 0 amide bonds. The molecule has 0 bridgehead atoms. The summed E-state index contributed by atoms with van der Waals surface area (Å²) in [7, 11) is 0. The largest absolute Gasteiger partial charge is 0.436 e. The van der Waals surface area contributed by atoms with Crippen LogP contribution in [0.5, 0.6) is 0 Å². The first-order chi connectivity index (χ1) is 8.69. The summed E-state index contributed by atoms with van der Waals surface area (Å²) >= 11 is 1.56. The van der Waals surface area contributed by atoms with Gasteiger partial charge in [0.1, 0.15) is 5.76 Å². The molecule has 0 aliphatic heterocycles. The Morgan fingerprint density at radius 1 is 1.22 bits per heavy atom. The molecule has 2 rings (SSSR count). The van der Waals surface area contributed by atoms with Crippen LogP contribution in [0, 0.1) is 13.8 Å². The Hall–Kier alpha value is -1.26. The van der Waals surface area contributed by atoms with Crippen molar-refractivity contribution in [3.63, 3.8) is 0 Å². The summed E-state index contributed by atoms with van der Waals surface area (Å²) in [6.07, 6.45) is 0. The Morgan fingerprint density at radius 3 is 2.50 bits per heavy atom. The van der Waals surface area contributed by atoms with E-state index in [1.54, 1.807) is 11.8 Å². The highest BCUT2D eigenvalue weighted by atomic mass is 32.2. The third-order valence-corrected chi connectivity index (χ3v) is 3.57. The molecule has 0 spiro atoms. The zero-order chi connectivity index (χ0) is 13.0. The van der Waals surface area contributed by atoms with Gasteiger partial charge in [-0.2, -0.15) is 0 Å². The third-order valence-electron chi connectivity index (χ3n) is 2.72. The van der Waals surface area contributed by atoms with Crippen molar-refractivity contribution in [1.82, 2.24) is 10.3 Å². The van der Waals surface area contributed by atoms with Crippen LogP contribution in [0.2, 0.25) is 0 Å². The molecule has 4 heteroatoms. The molecule has 0 saturated heterocycles.